The summed E-state index contributed by atoms with van der Waals surface area (Å²) < 4.78 is 10.8. The van der Waals surface area contributed by atoms with Crippen molar-refractivity contribution in [3.63, 3.8) is 0 Å². The summed E-state index contributed by atoms with van der Waals surface area (Å²) >= 11 is 0. The van der Waals surface area contributed by atoms with Gasteiger partial charge in [0.2, 0.25) is 5.88 Å². The number of ether oxygens (including phenoxy) is 1. The Morgan fingerprint density at radius 1 is 1.26 bits per heavy atom. The van der Waals surface area contributed by atoms with E-state index in [1.807, 2.05) is 30.3 Å². The van der Waals surface area contributed by atoms with Crippen molar-refractivity contribution in [2.75, 3.05) is 11.9 Å². The van der Waals surface area contributed by atoms with Crippen LogP contribution in [-0.4, -0.2) is 45.8 Å². The van der Waals surface area contributed by atoms with Gasteiger partial charge in [-0.25, -0.2) is 9.69 Å². The average molecular weight is 319 g/mol. The molecule has 3 atom stereocenters. The summed E-state index contributed by atoms with van der Waals surface area (Å²) in [4.78, 5) is 14.0. The van der Waals surface area contributed by atoms with E-state index in [0.717, 1.165) is 9.80 Å². The van der Waals surface area contributed by atoms with Gasteiger partial charge in [0.1, 0.15) is 17.5 Å². The number of hydrogen-bond acceptors (Lipinski definition) is 6. The van der Waals surface area contributed by atoms with Crippen molar-refractivity contribution in [2.45, 2.75) is 25.5 Å². The third-order valence-corrected chi connectivity index (χ3v) is 3.66. The molecule has 1 aromatic carbocycles. The monoisotopic (exact) mass is 319 g/mol. The molecule has 2 aromatic rings. The molecule has 3 rings (SSSR count). The van der Waals surface area contributed by atoms with Crippen molar-refractivity contribution in [3.8, 4) is 5.75 Å². The zero-order chi connectivity index (χ0) is 16.6. The van der Waals surface area contributed by atoms with Crippen molar-refractivity contribution in [3.05, 3.63) is 42.1 Å². The van der Waals surface area contributed by atoms with E-state index in [2.05, 4.69) is 5.16 Å². The van der Waals surface area contributed by atoms with E-state index in [-0.39, 0.29) is 5.88 Å². The Hall–Kier alpha value is -2.58. The predicted molar refractivity (Wildman–Crippen MR) is 79.6 cm³/mol. The Morgan fingerprint density at radius 2 is 1.96 bits per heavy atom. The lowest BCUT2D eigenvalue weighted by Gasteiger charge is -2.15. The highest BCUT2D eigenvalue weighted by Crippen LogP contribution is 2.29. The minimum absolute atomic E-state index is 0.0458. The number of aromatic nitrogens is 1. The number of likely N-dealkylation sites (N-methyl/N-ethyl adjacent to an activating group) is 1. The van der Waals surface area contributed by atoms with Crippen LogP contribution in [0.15, 0.2) is 40.9 Å². The highest BCUT2D eigenvalue weighted by Gasteiger charge is 2.44. The molecular weight excluding hydrogens is 302 g/mol. The first-order valence-corrected chi connectivity index (χ1v) is 7.09. The van der Waals surface area contributed by atoms with E-state index in [4.69, 9.17) is 9.26 Å². The summed E-state index contributed by atoms with van der Waals surface area (Å²) in [7, 11) is 1.38. The standard InChI is InChI=1S/C15H17N3O5/c1-9(22-10-6-4-3-5-7-10)11-8-12(23-16-11)18-14(20)13(19)17(2)15(18)21/h3-9,13-14,19-20H,1-2H3. The summed E-state index contributed by atoms with van der Waals surface area (Å²) in [6, 6.07) is 10.1. The Morgan fingerprint density at radius 3 is 2.57 bits per heavy atom. The van der Waals surface area contributed by atoms with E-state index in [9.17, 15) is 15.0 Å². The van der Waals surface area contributed by atoms with E-state index in [0.29, 0.717) is 11.4 Å². The lowest BCUT2D eigenvalue weighted by atomic mass is 10.2. The fourth-order valence-electron chi connectivity index (χ4n) is 2.30. The van der Waals surface area contributed by atoms with Crippen molar-refractivity contribution in [2.24, 2.45) is 0 Å². The molecule has 2 N–H and O–H groups in total. The number of hydrogen-bond donors (Lipinski definition) is 2. The Labute approximate surface area is 132 Å². The summed E-state index contributed by atoms with van der Waals surface area (Å²) in [5, 5.41) is 23.5. The van der Waals surface area contributed by atoms with Gasteiger partial charge in [0.15, 0.2) is 12.5 Å². The molecule has 0 radical (unpaired) electrons. The first kappa shape index (κ1) is 15.3. The van der Waals surface area contributed by atoms with Gasteiger partial charge >= 0.3 is 6.03 Å². The third kappa shape index (κ3) is 2.73. The van der Waals surface area contributed by atoms with Crippen LogP contribution >= 0.6 is 0 Å². The minimum atomic E-state index is -1.42. The van der Waals surface area contributed by atoms with Crippen molar-refractivity contribution < 1.29 is 24.3 Å². The van der Waals surface area contributed by atoms with E-state index >= 15 is 0 Å². The van der Waals surface area contributed by atoms with Gasteiger partial charge in [0.05, 0.1) is 0 Å². The predicted octanol–water partition coefficient (Wildman–Crippen LogP) is 1.32. The van der Waals surface area contributed by atoms with Crippen LogP contribution in [0.4, 0.5) is 10.7 Å². The van der Waals surface area contributed by atoms with E-state index < -0.39 is 24.6 Å². The van der Waals surface area contributed by atoms with Crippen LogP contribution in [0, 0.1) is 0 Å². The third-order valence-electron chi connectivity index (χ3n) is 3.66. The molecule has 122 valence electrons. The van der Waals surface area contributed by atoms with Gasteiger partial charge in [0, 0.05) is 13.1 Å². The second-order valence-corrected chi connectivity index (χ2v) is 5.25. The van der Waals surface area contributed by atoms with Gasteiger partial charge in [-0.1, -0.05) is 23.4 Å². The summed E-state index contributed by atoms with van der Waals surface area (Å²) in [6.07, 6.45) is -3.15. The molecule has 0 saturated carbocycles. The maximum absolute atomic E-state index is 12.0. The van der Waals surface area contributed by atoms with Crippen molar-refractivity contribution in [1.29, 1.82) is 0 Å². The van der Waals surface area contributed by atoms with Crippen molar-refractivity contribution in [1.82, 2.24) is 10.1 Å². The highest BCUT2D eigenvalue weighted by molar-refractivity contribution is 5.93. The number of benzene rings is 1. The minimum Gasteiger partial charge on any atom is -0.484 e. The van der Waals surface area contributed by atoms with Gasteiger partial charge in [0.25, 0.3) is 0 Å². The number of amides is 2. The molecule has 8 nitrogen and oxygen atoms in total. The number of para-hydroxylation sites is 1. The van der Waals surface area contributed by atoms with Gasteiger partial charge in [-0.2, -0.15) is 0 Å². The summed E-state index contributed by atoms with van der Waals surface area (Å²) in [5.41, 5.74) is 0.466. The maximum atomic E-state index is 12.0. The van der Waals surface area contributed by atoms with Crippen LogP contribution in [0.1, 0.15) is 18.7 Å². The number of anilines is 1. The Bertz CT molecular complexity index is 689. The SMILES string of the molecule is CC(Oc1ccccc1)c1cc(N2C(=O)N(C)C(O)C2O)on1. The molecule has 0 spiro atoms. The molecule has 1 aliphatic rings. The van der Waals surface area contributed by atoms with E-state index in [1.54, 1.807) is 6.92 Å². The lowest BCUT2D eigenvalue weighted by Crippen LogP contribution is -2.36. The Balaban J connectivity index is 1.77. The molecule has 1 aromatic heterocycles. The van der Waals surface area contributed by atoms with Crippen LogP contribution in [0.25, 0.3) is 0 Å². The number of carbonyl (C=O) groups excluding carboxylic acids is 1. The molecule has 2 amide bonds. The van der Waals surface area contributed by atoms with Gasteiger partial charge in [-0.3, -0.25) is 4.90 Å². The normalized spacial score (nSPS) is 22.5. The van der Waals surface area contributed by atoms with Gasteiger partial charge in [-0.05, 0) is 19.1 Å². The number of urea groups is 1. The number of aliphatic hydroxyl groups is 2. The van der Waals surface area contributed by atoms with Gasteiger partial charge < -0.3 is 19.5 Å². The number of nitrogens with zero attached hydrogens (tertiary/aromatic N) is 3. The highest BCUT2D eigenvalue weighted by atomic mass is 16.5. The van der Waals surface area contributed by atoms with Crippen LogP contribution in [0.5, 0.6) is 5.75 Å². The van der Waals surface area contributed by atoms with E-state index in [1.165, 1.54) is 13.1 Å². The summed E-state index contributed by atoms with van der Waals surface area (Å²) in [6.45, 7) is 1.79. The van der Waals surface area contributed by atoms with Crippen LogP contribution in [0.3, 0.4) is 0 Å². The molecule has 0 aliphatic carbocycles. The van der Waals surface area contributed by atoms with Crippen LogP contribution in [-0.2, 0) is 0 Å². The number of rotatable bonds is 4. The fraction of sp³-hybridized carbons (Fsp3) is 0.333. The van der Waals surface area contributed by atoms with Crippen LogP contribution < -0.4 is 9.64 Å². The number of aliphatic hydroxyl groups excluding tert-OH is 2. The zero-order valence-corrected chi connectivity index (χ0v) is 12.7. The largest absolute Gasteiger partial charge is 0.484 e. The van der Waals surface area contributed by atoms with Gasteiger partial charge in [-0.15, -0.1) is 0 Å². The molecule has 1 saturated heterocycles. The molecule has 1 fully saturated rings. The maximum Gasteiger partial charge on any atom is 0.331 e. The zero-order valence-electron chi connectivity index (χ0n) is 12.7. The fourth-order valence-corrected chi connectivity index (χ4v) is 2.30. The molecule has 2 heterocycles. The second-order valence-electron chi connectivity index (χ2n) is 5.25. The topological polar surface area (TPSA) is 99.3 Å². The lowest BCUT2D eigenvalue weighted by molar-refractivity contribution is -0.0190. The molecule has 3 unspecified atom stereocenters. The van der Waals surface area contributed by atoms with Crippen molar-refractivity contribution >= 4 is 11.9 Å². The second kappa shape index (κ2) is 5.90. The average Bonchev–Trinajstić information content (AvgIpc) is 3.10. The number of carbonyl (C=O) groups is 1. The Kier molecular flexibility index (Phi) is 3.93. The van der Waals surface area contributed by atoms with Crippen LogP contribution in [0.2, 0.25) is 0 Å². The molecular formula is C15H17N3O5. The molecule has 8 heteroatoms. The molecule has 0 bridgehead atoms. The first-order valence-electron chi connectivity index (χ1n) is 7.09. The summed E-state index contributed by atoms with van der Waals surface area (Å²) in [5.74, 6) is 0.724. The molecule has 23 heavy (non-hydrogen) atoms. The first-order chi connectivity index (χ1) is 11.0. The molecule has 1 aliphatic heterocycles. The smallest absolute Gasteiger partial charge is 0.331 e. The quantitative estimate of drug-likeness (QED) is 0.882.